The number of carboxylic acids is 2. The van der Waals surface area contributed by atoms with E-state index < -0.39 is 23.7 Å². The van der Waals surface area contributed by atoms with E-state index in [9.17, 15) is 23.1 Å². The zero-order chi connectivity index (χ0) is 21.7. The van der Waals surface area contributed by atoms with Crippen LogP contribution >= 0.6 is 34.5 Å². The van der Waals surface area contributed by atoms with Crippen molar-refractivity contribution in [1.82, 2.24) is 10.2 Å². The van der Waals surface area contributed by atoms with Crippen LogP contribution < -0.4 is 5.32 Å². The molecule has 1 aromatic heterocycles. The third kappa shape index (κ3) is 7.46. The Kier molecular flexibility index (Phi) is 7.99. The fraction of sp³-hybridized carbons (Fsp3) is 0.286. The molecule has 0 aliphatic carbocycles. The van der Waals surface area contributed by atoms with Gasteiger partial charge in [-0.1, -0.05) is 34.5 Å². The molecule has 1 unspecified atom stereocenters. The Balaban J connectivity index is 0.000000480. The second-order valence-electron chi connectivity index (χ2n) is 5.31. The van der Waals surface area contributed by atoms with E-state index in [-0.39, 0.29) is 6.54 Å². The lowest BCUT2D eigenvalue weighted by Gasteiger charge is -2.17. The fourth-order valence-electron chi connectivity index (χ4n) is 1.41. The van der Waals surface area contributed by atoms with Crippen molar-refractivity contribution >= 4 is 51.6 Å². The summed E-state index contributed by atoms with van der Waals surface area (Å²) in [5.74, 6) is -4.08. The van der Waals surface area contributed by atoms with E-state index >= 15 is 0 Å². The number of aromatic nitrogens is 2. The van der Waals surface area contributed by atoms with Crippen LogP contribution in [-0.2, 0) is 9.59 Å². The van der Waals surface area contributed by atoms with Crippen molar-refractivity contribution in [1.29, 1.82) is 0 Å². The van der Waals surface area contributed by atoms with E-state index in [0.717, 1.165) is 0 Å². The molecule has 2 aromatic rings. The Morgan fingerprint density at radius 3 is 2.04 bits per heavy atom. The lowest BCUT2D eigenvalue weighted by molar-refractivity contribution is -0.192. The van der Waals surface area contributed by atoms with Crippen molar-refractivity contribution in [3.8, 4) is 10.6 Å². The number of hydrogen-bond donors (Lipinski definition) is 4. The molecule has 8 nitrogen and oxygen atoms in total. The van der Waals surface area contributed by atoms with Gasteiger partial charge in [0.15, 0.2) is 5.60 Å². The van der Waals surface area contributed by atoms with Crippen molar-refractivity contribution in [2.45, 2.75) is 18.7 Å². The fourth-order valence-corrected chi connectivity index (χ4v) is 2.66. The molecule has 1 aromatic carbocycles. The van der Waals surface area contributed by atoms with Crippen LogP contribution in [-0.4, -0.2) is 55.8 Å². The van der Waals surface area contributed by atoms with Crippen LogP contribution in [0.3, 0.4) is 0 Å². The minimum absolute atomic E-state index is 0.187. The molecule has 0 radical (unpaired) electrons. The molecule has 0 saturated carbocycles. The molecule has 0 saturated heterocycles. The number of benzene rings is 1. The van der Waals surface area contributed by atoms with Gasteiger partial charge in [-0.05, 0) is 25.1 Å². The predicted octanol–water partition coefficient (Wildman–Crippen LogP) is 3.39. The summed E-state index contributed by atoms with van der Waals surface area (Å²) in [5.41, 5.74) is -1.17. The van der Waals surface area contributed by atoms with Crippen LogP contribution in [0.2, 0.25) is 10.0 Å². The molecule has 14 heteroatoms. The minimum Gasteiger partial charge on any atom is -0.479 e. The molecular formula is C14H12Cl2F3N3O5S. The highest BCUT2D eigenvalue weighted by atomic mass is 35.5. The smallest absolute Gasteiger partial charge is 0.479 e. The first kappa shape index (κ1) is 23.9. The molecule has 154 valence electrons. The minimum atomic E-state index is -5.08. The molecule has 0 amide bonds. The Morgan fingerprint density at radius 1 is 1.11 bits per heavy atom. The van der Waals surface area contributed by atoms with Gasteiger partial charge < -0.3 is 20.6 Å². The number of aliphatic hydroxyl groups is 1. The van der Waals surface area contributed by atoms with Gasteiger partial charge in [0.05, 0.1) is 6.54 Å². The lowest BCUT2D eigenvalue weighted by Crippen LogP contribution is -2.41. The summed E-state index contributed by atoms with van der Waals surface area (Å²) in [4.78, 5) is 19.7. The number of hydrogen-bond acceptors (Lipinski definition) is 7. The summed E-state index contributed by atoms with van der Waals surface area (Å²) in [6, 6.07) is 5.01. The molecule has 0 fully saturated rings. The van der Waals surface area contributed by atoms with E-state index in [1.165, 1.54) is 18.3 Å². The van der Waals surface area contributed by atoms with Crippen molar-refractivity contribution in [3.05, 3.63) is 28.2 Å². The van der Waals surface area contributed by atoms with Crippen molar-refractivity contribution in [2.75, 3.05) is 11.9 Å². The Bertz CT molecular complexity index is 841. The number of aliphatic carboxylic acids is 2. The molecule has 28 heavy (non-hydrogen) atoms. The summed E-state index contributed by atoms with van der Waals surface area (Å²) in [6.07, 6.45) is -5.08. The first-order valence-corrected chi connectivity index (χ1v) is 8.59. The number of halogens is 5. The van der Waals surface area contributed by atoms with E-state index in [1.807, 2.05) is 0 Å². The molecule has 0 aliphatic rings. The SMILES string of the molecule is CC(O)(CNc1nnc(-c2cc(Cl)cc(Cl)c2)s1)C(=O)O.O=C(O)C(F)(F)F. The Morgan fingerprint density at radius 2 is 1.61 bits per heavy atom. The van der Waals surface area contributed by atoms with Crippen LogP contribution in [0.5, 0.6) is 0 Å². The zero-order valence-corrected chi connectivity index (χ0v) is 16.1. The Hall–Kier alpha value is -2.15. The van der Waals surface area contributed by atoms with Gasteiger partial charge >= 0.3 is 18.1 Å². The number of anilines is 1. The molecule has 1 atom stereocenters. The molecule has 1 heterocycles. The normalized spacial score (nSPS) is 13.1. The summed E-state index contributed by atoms with van der Waals surface area (Å²) >= 11 is 13.0. The van der Waals surface area contributed by atoms with Gasteiger partial charge in [0.1, 0.15) is 5.01 Å². The van der Waals surface area contributed by atoms with Crippen LogP contribution in [0.4, 0.5) is 18.3 Å². The molecular weight excluding hydrogens is 450 g/mol. The maximum Gasteiger partial charge on any atom is 0.490 e. The number of nitrogens with zero attached hydrogens (tertiary/aromatic N) is 2. The van der Waals surface area contributed by atoms with E-state index in [1.54, 1.807) is 18.2 Å². The number of nitrogens with one attached hydrogen (secondary N) is 1. The van der Waals surface area contributed by atoms with Gasteiger partial charge in [-0.25, -0.2) is 9.59 Å². The monoisotopic (exact) mass is 461 g/mol. The Labute approximate surface area is 169 Å². The van der Waals surface area contributed by atoms with Crippen molar-refractivity contribution < 1.29 is 38.1 Å². The van der Waals surface area contributed by atoms with Gasteiger partial charge in [0.2, 0.25) is 5.13 Å². The van der Waals surface area contributed by atoms with Crippen LogP contribution in [0.25, 0.3) is 10.6 Å². The van der Waals surface area contributed by atoms with Gasteiger partial charge in [-0.2, -0.15) is 13.2 Å². The number of rotatable bonds is 5. The van der Waals surface area contributed by atoms with Crippen LogP contribution in [0.1, 0.15) is 6.92 Å². The lowest BCUT2D eigenvalue weighted by atomic mass is 10.1. The largest absolute Gasteiger partial charge is 0.490 e. The number of carbonyl (C=O) groups is 2. The molecule has 0 aliphatic heterocycles. The molecule has 0 bridgehead atoms. The van der Waals surface area contributed by atoms with Gasteiger partial charge in [-0.3, -0.25) is 0 Å². The highest BCUT2D eigenvalue weighted by Gasteiger charge is 2.38. The summed E-state index contributed by atoms with van der Waals surface area (Å²) in [7, 11) is 0. The highest BCUT2D eigenvalue weighted by molar-refractivity contribution is 7.18. The van der Waals surface area contributed by atoms with Crippen molar-refractivity contribution in [2.24, 2.45) is 0 Å². The first-order valence-electron chi connectivity index (χ1n) is 7.02. The average Bonchev–Trinajstić information content (AvgIpc) is 3.00. The maximum absolute atomic E-state index is 10.8. The average molecular weight is 462 g/mol. The maximum atomic E-state index is 10.8. The van der Waals surface area contributed by atoms with E-state index in [2.05, 4.69) is 15.5 Å². The molecule has 4 N–H and O–H groups in total. The number of alkyl halides is 3. The standard InChI is InChI=1S/C12H11Cl2N3O3S.C2HF3O2/c1-12(20,10(18)19)5-15-11-17-16-9(21-11)6-2-7(13)4-8(14)3-6;3-2(4,5)1(6)7/h2-4,20H,5H2,1H3,(H,15,17)(H,18,19);(H,6,7). The van der Waals surface area contributed by atoms with Gasteiger partial charge in [0, 0.05) is 15.6 Å². The van der Waals surface area contributed by atoms with Crippen LogP contribution in [0, 0.1) is 0 Å². The van der Waals surface area contributed by atoms with Crippen LogP contribution in [0.15, 0.2) is 18.2 Å². The zero-order valence-electron chi connectivity index (χ0n) is 13.8. The first-order chi connectivity index (χ1) is 12.7. The third-order valence-electron chi connectivity index (χ3n) is 2.82. The third-order valence-corrected chi connectivity index (χ3v) is 4.19. The highest BCUT2D eigenvalue weighted by Crippen LogP contribution is 2.31. The second kappa shape index (κ2) is 9.37. The van der Waals surface area contributed by atoms with E-state index in [0.29, 0.717) is 25.7 Å². The second-order valence-corrected chi connectivity index (χ2v) is 7.16. The van der Waals surface area contributed by atoms with Gasteiger partial charge in [-0.15, -0.1) is 10.2 Å². The summed E-state index contributed by atoms with van der Waals surface area (Å²) < 4.78 is 31.7. The van der Waals surface area contributed by atoms with E-state index in [4.69, 9.17) is 38.2 Å². The molecule has 0 spiro atoms. The predicted molar refractivity (Wildman–Crippen MR) is 95.8 cm³/mol. The quantitative estimate of drug-likeness (QED) is 0.532. The summed E-state index contributed by atoms with van der Waals surface area (Å²) in [5, 5.41) is 38.1. The topological polar surface area (TPSA) is 133 Å². The summed E-state index contributed by atoms with van der Waals surface area (Å²) in [6.45, 7) is 1.01. The number of carboxylic acid groups (broad SMARTS) is 2. The van der Waals surface area contributed by atoms with Gasteiger partial charge in [0.25, 0.3) is 0 Å². The van der Waals surface area contributed by atoms with Crippen molar-refractivity contribution in [3.63, 3.8) is 0 Å². The molecule has 2 rings (SSSR count).